The molecule has 4 nitrogen and oxygen atoms in total. The van der Waals surface area contributed by atoms with Gasteiger partial charge in [-0.15, -0.1) is 0 Å². The molecule has 0 saturated heterocycles. The number of anilines is 1. The van der Waals surface area contributed by atoms with Crippen LogP contribution >= 0.6 is 0 Å². The molecule has 0 atom stereocenters. The minimum absolute atomic E-state index is 0.419. The van der Waals surface area contributed by atoms with Crippen LogP contribution in [0.1, 0.15) is 5.69 Å². The zero-order chi connectivity index (χ0) is 21.0. The van der Waals surface area contributed by atoms with E-state index in [0.717, 1.165) is 33.8 Å². The van der Waals surface area contributed by atoms with Crippen LogP contribution in [0.5, 0.6) is 5.75 Å². The average molecular weight is 406 g/mol. The molecule has 0 N–H and O–H groups in total. The Hall–Kier alpha value is -4.05. The van der Waals surface area contributed by atoms with E-state index in [1.807, 2.05) is 66.8 Å². The van der Waals surface area contributed by atoms with E-state index in [4.69, 9.17) is 9.72 Å². The minimum atomic E-state index is 0.419. The highest BCUT2D eigenvalue weighted by Gasteiger charge is 2.10. The largest absolute Gasteiger partial charge is 0.487 e. The van der Waals surface area contributed by atoms with E-state index in [9.17, 15) is 0 Å². The smallest absolute Gasteiger partial charge is 0.130 e. The van der Waals surface area contributed by atoms with E-state index in [1.54, 1.807) is 0 Å². The summed E-state index contributed by atoms with van der Waals surface area (Å²) in [4.78, 5) is 8.90. The van der Waals surface area contributed by atoms with Gasteiger partial charge in [-0.2, -0.15) is 0 Å². The van der Waals surface area contributed by atoms with Gasteiger partial charge in [-0.3, -0.25) is 0 Å². The van der Waals surface area contributed by atoms with E-state index < -0.39 is 0 Å². The fraction of sp³-hybridized carbons (Fsp3) is 0.0741. The van der Waals surface area contributed by atoms with E-state index >= 15 is 0 Å². The number of hydrogen-bond acceptors (Lipinski definition) is 4. The first kappa shape index (κ1) is 18.9. The van der Waals surface area contributed by atoms with Gasteiger partial charge in [0.25, 0.3) is 0 Å². The number of aromatic nitrogens is 1. The van der Waals surface area contributed by atoms with Crippen molar-refractivity contribution in [1.82, 2.24) is 9.88 Å². The topological polar surface area (TPSA) is 28.6 Å². The van der Waals surface area contributed by atoms with Crippen molar-refractivity contribution in [3.63, 3.8) is 0 Å². The zero-order valence-corrected chi connectivity index (χ0v) is 17.3. The van der Waals surface area contributed by atoms with E-state index in [-0.39, 0.29) is 0 Å². The molecule has 0 amide bonds. The second kappa shape index (κ2) is 8.36. The first-order chi connectivity index (χ1) is 15.3. The predicted molar refractivity (Wildman–Crippen MR) is 126 cm³/mol. The molecule has 0 aliphatic carbocycles. The van der Waals surface area contributed by atoms with E-state index in [2.05, 4.69) is 59.8 Å². The summed E-state index contributed by atoms with van der Waals surface area (Å²) < 4.78 is 6.13. The molecule has 0 radical (unpaired) electrons. The Labute approximate surface area is 182 Å². The first-order valence-electron chi connectivity index (χ1n) is 10.3. The molecule has 0 bridgehead atoms. The van der Waals surface area contributed by atoms with Gasteiger partial charge < -0.3 is 14.5 Å². The Balaban J connectivity index is 1.39. The van der Waals surface area contributed by atoms with Gasteiger partial charge in [-0.25, -0.2) is 4.98 Å². The number of fused-ring (bicyclic) bond motifs is 1. The summed E-state index contributed by atoms with van der Waals surface area (Å²) in [5.74, 6) is 0.828. The van der Waals surface area contributed by atoms with Gasteiger partial charge in [-0.05, 0) is 35.7 Å². The molecule has 2 heterocycles. The Morgan fingerprint density at radius 2 is 1.58 bits per heavy atom. The van der Waals surface area contributed by atoms with Gasteiger partial charge in [0.2, 0.25) is 0 Å². The average Bonchev–Trinajstić information content (AvgIpc) is 2.83. The highest BCUT2D eigenvalue weighted by Crippen LogP contribution is 2.31. The van der Waals surface area contributed by atoms with Crippen LogP contribution in [0.15, 0.2) is 110 Å². The highest BCUT2D eigenvalue weighted by molar-refractivity contribution is 5.96. The lowest BCUT2D eigenvalue weighted by atomic mass is 10.1. The lowest BCUT2D eigenvalue weighted by molar-refractivity contribution is 0.302. The maximum Gasteiger partial charge on any atom is 0.130 e. The number of benzene rings is 3. The molecule has 152 valence electrons. The van der Waals surface area contributed by atoms with Gasteiger partial charge in [0, 0.05) is 42.8 Å². The molecule has 4 heteroatoms. The molecule has 0 spiro atoms. The molecule has 0 fully saturated rings. The molecule has 0 saturated carbocycles. The third kappa shape index (κ3) is 4.14. The van der Waals surface area contributed by atoms with Crippen LogP contribution in [0.2, 0.25) is 0 Å². The molecule has 1 aliphatic rings. The van der Waals surface area contributed by atoms with Crippen LogP contribution < -0.4 is 9.64 Å². The van der Waals surface area contributed by atoms with Crippen molar-refractivity contribution < 1.29 is 4.74 Å². The van der Waals surface area contributed by atoms with Crippen molar-refractivity contribution in [2.75, 3.05) is 11.9 Å². The van der Waals surface area contributed by atoms with Crippen molar-refractivity contribution >= 4 is 16.5 Å². The Morgan fingerprint density at radius 3 is 2.42 bits per heavy atom. The molecule has 3 aromatic carbocycles. The predicted octanol–water partition coefficient (Wildman–Crippen LogP) is 6.18. The van der Waals surface area contributed by atoms with Crippen LogP contribution in [-0.4, -0.2) is 16.9 Å². The maximum absolute atomic E-state index is 6.13. The Kier molecular flexibility index (Phi) is 5.11. The van der Waals surface area contributed by atoms with Crippen LogP contribution in [-0.2, 0) is 6.61 Å². The monoisotopic (exact) mass is 405 g/mol. The normalized spacial score (nSPS) is 13.1. The Bertz CT molecular complexity index is 1250. The minimum Gasteiger partial charge on any atom is -0.487 e. The fourth-order valence-electron chi connectivity index (χ4n) is 3.65. The van der Waals surface area contributed by atoms with Crippen LogP contribution in [0.25, 0.3) is 22.0 Å². The second-order valence-corrected chi connectivity index (χ2v) is 7.50. The summed E-state index contributed by atoms with van der Waals surface area (Å²) in [6.45, 7) is 0.419. The third-order valence-electron chi connectivity index (χ3n) is 5.30. The van der Waals surface area contributed by atoms with Crippen LogP contribution in [0.3, 0.4) is 0 Å². The van der Waals surface area contributed by atoms with Crippen molar-refractivity contribution in [3.05, 3.63) is 115 Å². The number of nitrogens with zero attached hydrogens (tertiary/aromatic N) is 3. The third-order valence-corrected chi connectivity index (χ3v) is 5.30. The standard InChI is InChI=1S/C27H23N3O/c1-29-15-17-30(18-16-29)27-12-5-9-21-13-14-24(19-25(21)27)31-20-23-10-6-11-26(28-23)22-7-3-2-4-8-22/h2-19H,20H2,1H3. The van der Waals surface area contributed by atoms with Gasteiger partial charge in [0.05, 0.1) is 17.1 Å². The number of ether oxygens (including phenoxy) is 1. The van der Waals surface area contributed by atoms with E-state index in [1.165, 1.54) is 5.39 Å². The number of pyridine rings is 1. The summed E-state index contributed by atoms with van der Waals surface area (Å²) in [7, 11) is 2.01. The second-order valence-electron chi connectivity index (χ2n) is 7.50. The Morgan fingerprint density at radius 1 is 0.774 bits per heavy atom. The van der Waals surface area contributed by atoms with Gasteiger partial charge >= 0.3 is 0 Å². The van der Waals surface area contributed by atoms with Gasteiger partial charge in [-0.1, -0.05) is 54.6 Å². The summed E-state index contributed by atoms with van der Waals surface area (Å²) >= 11 is 0. The van der Waals surface area contributed by atoms with Gasteiger partial charge in [0.15, 0.2) is 0 Å². The fourth-order valence-corrected chi connectivity index (χ4v) is 3.65. The van der Waals surface area contributed by atoms with Crippen LogP contribution in [0, 0.1) is 0 Å². The maximum atomic E-state index is 6.13. The molecule has 0 unspecified atom stereocenters. The summed E-state index contributed by atoms with van der Waals surface area (Å²) in [5.41, 5.74) is 4.08. The molecule has 5 rings (SSSR count). The van der Waals surface area contributed by atoms with Crippen molar-refractivity contribution in [1.29, 1.82) is 0 Å². The van der Waals surface area contributed by atoms with Crippen molar-refractivity contribution in [2.24, 2.45) is 0 Å². The quantitative estimate of drug-likeness (QED) is 0.397. The number of hydrogen-bond donors (Lipinski definition) is 0. The number of rotatable bonds is 5. The summed E-state index contributed by atoms with van der Waals surface area (Å²) in [6.07, 6.45) is 8.18. The molecule has 4 aromatic rings. The van der Waals surface area contributed by atoms with Crippen molar-refractivity contribution in [2.45, 2.75) is 6.61 Å². The molecular formula is C27H23N3O. The molecule has 1 aromatic heterocycles. The molecular weight excluding hydrogens is 382 g/mol. The molecule has 31 heavy (non-hydrogen) atoms. The van der Waals surface area contributed by atoms with Gasteiger partial charge in [0.1, 0.15) is 12.4 Å². The summed E-state index contributed by atoms with van der Waals surface area (Å²) in [6, 6.07) is 28.8. The molecule has 1 aliphatic heterocycles. The SMILES string of the molecule is CN1C=CN(c2cccc3ccc(OCc4cccc(-c5ccccc5)n4)cc23)C=C1. The lowest BCUT2D eigenvalue weighted by Crippen LogP contribution is -2.16. The highest BCUT2D eigenvalue weighted by atomic mass is 16.5. The van der Waals surface area contributed by atoms with E-state index in [0.29, 0.717) is 6.61 Å². The first-order valence-corrected chi connectivity index (χ1v) is 10.3. The zero-order valence-electron chi connectivity index (χ0n) is 17.3. The lowest BCUT2D eigenvalue weighted by Gasteiger charge is -2.23. The van der Waals surface area contributed by atoms with Crippen molar-refractivity contribution in [3.8, 4) is 17.0 Å². The van der Waals surface area contributed by atoms with Crippen LogP contribution in [0.4, 0.5) is 5.69 Å². The summed E-state index contributed by atoms with van der Waals surface area (Å²) in [5, 5.41) is 2.32.